The summed E-state index contributed by atoms with van der Waals surface area (Å²) in [6, 6.07) is -0.291. The summed E-state index contributed by atoms with van der Waals surface area (Å²) in [6.07, 6.45) is 13.4. The molecule has 116 valence electrons. The van der Waals surface area contributed by atoms with Crippen molar-refractivity contribution in [2.24, 2.45) is 0 Å². The van der Waals surface area contributed by atoms with Crippen molar-refractivity contribution in [2.75, 3.05) is 6.54 Å². The van der Waals surface area contributed by atoms with Gasteiger partial charge in [-0.3, -0.25) is 14.9 Å². The molecule has 1 heterocycles. The lowest BCUT2D eigenvalue weighted by Crippen LogP contribution is -2.36. The highest BCUT2D eigenvalue weighted by atomic mass is 16.2. The molecule has 1 atom stereocenters. The molecule has 0 spiro atoms. The van der Waals surface area contributed by atoms with Crippen LogP contribution in [0.15, 0.2) is 0 Å². The van der Waals surface area contributed by atoms with Gasteiger partial charge in [0.05, 0.1) is 12.5 Å². The third-order valence-electron chi connectivity index (χ3n) is 3.89. The Kier molecular flexibility index (Phi) is 9.29. The standard InChI is InChI=1S/C16H30N2O2/c1-2-3-4-5-6-7-8-9-10-11-12-17-14-13-15(19)18-16(14)20/h14,17H,2-13H2,1H3,(H,18,19,20)/t14-/m1/s1. The molecule has 1 fully saturated rings. The highest BCUT2D eigenvalue weighted by Gasteiger charge is 2.29. The molecule has 0 bridgehead atoms. The fraction of sp³-hybridized carbons (Fsp3) is 0.875. The first-order valence-corrected chi connectivity index (χ1v) is 8.31. The number of unbranched alkanes of at least 4 members (excludes halogenated alkanes) is 9. The minimum absolute atomic E-state index is 0.157. The quantitative estimate of drug-likeness (QED) is 0.427. The molecule has 2 N–H and O–H groups in total. The number of nitrogens with one attached hydrogen (secondary N) is 2. The molecule has 0 aliphatic carbocycles. The Labute approximate surface area is 123 Å². The summed E-state index contributed by atoms with van der Waals surface area (Å²) in [7, 11) is 0. The van der Waals surface area contributed by atoms with Gasteiger partial charge in [-0.05, 0) is 13.0 Å². The van der Waals surface area contributed by atoms with E-state index in [4.69, 9.17) is 0 Å². The van der Waals surface area contributed by atoms with Crippen molar-refractivity contribution >= 4 is 11.8 Å². The summed E-state index contributed by atoms with van der Waals surface area (Å²) in [5, 5.41) is 5.47. The van der Waals surface area contributed by atoms with Crippen molar-refractivity contribution in [1.29, 1.82) is 0 Å². The van der Waals surface area contributed by atoms with Gasteiger partial charge in [-0.15, -0.1) is 0 Å². The lowest BCUT2D eigenvalue weighted by molar-refractivity contribution is -0.125. The van der Waals surface area contributed by atoms with Gasteiger partial charge in [0.1, 0.15) is 0 Å². The first-order chi connectivity index (χ1) is 9.74. The third kappa shape index (κ3) is 7.63. The SMILES string of the molecule is CCCCCCCCCCCCN[C@@H]1CC(=O)NC1=O. The largest absolute Gasteiger partial charge is 0.305 e. The highest BCUT2D eigenvalue weighted by Crippen LogP contribution is 2.10. The second-order valence-electron chi connectivity index (χ2n) is 5.81. The van der Waals surface area contributed by atoms with Gasteiger partial charge in [0.15, 0.2) is 0 Å². The smallest absolute Gasteiger partial charge is 0.244 e. The van der Waals surface area contributed by atoms with E-state index in [-0.39, 0.29) is 17.9 Å². The van der Waals surface area contributed by atoms with E-state index < -0.39 is 0 Å². The van der Waals surface area contributed by atoms with Crippen molar-refractivity contribution < 1.29 is 9.59 Å². The maximum atomic E-state index is 11.3. The molecule has 0 aromatic heterocycles. The van der Waals surface area contributed by atoms with E-state index in [2.05, 4.69) is 17.6 Å². The average molecular weight is 282 g/mol. The Morgan fingerprint density at radius 2 is 1.50 bits per heavy atom. The number of rotatable bonds is 12. The van der Waals surface area contributed by atoms with E-state index in [9.17, 15) is 9.59 Å². The molecule has 0 aromatic rings. The molecule has 1 rings (SSSR count). The number of carbonyl (C=O) groups is 2. The van der Waals surface area contributed by atoms with Crippen LogP contribution in [0, 0.1) is 0 Å². The predicted octanol–water partition coefficient (Wildman–Crippen LogP) is 2.91. The summed E-state index contributed by atoms with van der Waals surface area (Å²) < 4.78 is 0. The molecule has 0 radical (unpaired) electrons. The van der Waals surface area contributed by atoms with E-state index in [1.54, 1.807) is 0 Å². The van der Waals surface area contributed by atoms with Crippen molar-refractivity contribution in [2.45, 2.75) is 83.6 Å². The monoisotopic (exact) mass is 282 g/mol. The van der Waals surface area contributed by atoms with Crippen LogP contribution in [0.5, 0.6) is 0 Å². The molecule has 0 unspecified atom stereocenters. The Bertz CT molecular complexity index is 292. The molecule has 1 aliphatic rings. The molecule has 0 aromatic carbocycles. The average Bonchev–Trinajstić information content (AvgIpc) is 2.74. The lowest BCUT2D eigenvalue weighted by Gasteiger charge is -2.08. The van der Waals surface area contributed by atoms with Crippen molar-refractivity contribution in [3.05, 3.63) is 0 Å². The molecule has 1 saturated heterocycles. The summed E-state index contributed by atoms with van der Waals surface area (Å²) in [5.41, 5.74) is 0. The summed E-state index contributed by atoms with van der Waals surface area (Å²) in [5.74, 6) is -0.322. The number of hydrogen-bond acceptors (Lipinski definition) is 3. The van der Waals surface area contributed by atoms with E-state index in [1.807, 2.05) is 0 Å². The molecular formula is C16H30N2O2. The predicted molar refractivity (Wildman–Crippen MR) is 81.4 cm³/mol. The Morgan fingerprint density at radius 1 is 0.950 bits per heavy atom. The van der Waals surface area contributed by atoms with E-state index in [1.165, 1.54) is 57.8 Å². The topological polar surface area (TPSA) is 58.2 Å². The summed E-state index contributed by atoms with van der Waals surface area (Å²) in [6.45, 7) is 3.08. The number of carbonyl (C=O) groups excluding carboxylic acids is 2. The maximum Gasteiger partial charge on any atom is 0.244 e. The molecule has 4 nitrogen and oxygen atoms in total. The molecule has 20 heavy (non-hydrogen) atoms. The highest BCUT2D eigenvalue weighted by molar-refractivity contribution is 6.05. The van der Waals surface area contributed by atoms with Crippen LogP contribution in [-0.4, -0.2) is 24.4 Å². The van der Waals surface area contributed by atoms with Crippen LogP contribution in [0.25, 0.3) is 0 Å². The second-order valence-corrected chi connectivity index (χ2v) is 5.81. The first-order valence-electron chi connectivity index (χ1n) is 8.31. The van der Waals surface area contributed by atoms with Crippen LogP contribution in [0.1, 0.15) is 77.6 Å². The number of imide groups is 1. The van der Waals surface area contributed by atoms with Gasteiger partial charge in [0.2, 0.25) is 11.8 Å². The van der Waals surface area contributed by atoms with Crippen molar-refractivity contribution in [1.82, 2.24) is 10.6 Å². The zero-order valence-electron chi connectivity index (χ0n) is 12.9. The van der Waals surface area contributed by atoms with E-state index >= 15 is 0 Å². The lowest BCUT2D eigenvalue weighted by atomic mass is 10.1. The number of hydrogen-bond donors (Lipinski definition) is 2. The van der Waals surface area contributed by atoms with Crippen molar-refractivity contribution in [3.8, 4) is 0 Å². The second kappa shape index (κ2) is 10.8. The maximum absolute atomic E-state index is 11.3. The van der Waals surface area contributed by atoms with Crippen molar-refractivity contribution in [3.63, 3.8) is 0 Å². The van der Waals surface area contributed by atoms with Gasteiger partial charge >= 0.3 is 0 Å². The van der Waals surface area contributed by atoms with Gasteiger partial charge in [-0.1, -0.05) is 64.7 Å². The fourth-order valence-electron chi connectivity index (χ4n) is 2.61. The zero-order valence-corrected chi connectivity index (χ0v) is 12.9. The molecule has 4 heteroatoms. The van der Waals surface area contributed by atoms with E-state index in [0.717, 1.165) is 13.0 Å². The Hall–Kier alpha value is -0.900. The molecule has 1 aliphatic heterocycles. The van der Waals surface area contributed by atoms with Gasteiger partial charge in [-0.25, -0.2) is 0 Å². The van der Waals surface area contributed by atoms with Gasteiger partial charge in [0, 0.05) is 0 Å². The minimum Gasteiger partial charge on any atom is -0.305 e. The molecule has 0 saturated carbocycles. The van der Waals surface area contributed by atoms with Crippen LogP contribution in [-0.2, 0) is 9.59 Å². The normalized spacial score (nSPS) is 18.6. The van der Waals surface area contributed by atoms with Crippen LogP contribution in [0.2, 0.25) is 0 Å². The minimum atomic E-state index is -0.291. The van der Waals surface area contributed by atoms with Gasteiger partial charge < -0.3 is 5.32 Å². The Morgan fingerprint density at radius 3 is 2.00 bits per heavy atom. The molecule has 2 amide bonds. The van der Waals surface area contributed by atoms with Gasteiger partial charge in [-0.2, -0.15) is 0 Å². The van der Waals surface area contributed by atoms with Crippen LogP contribution >= 0.6 is 0 Å². The third-order valence-corrected chi connectivity index (χ3v) is 3.89. The Balaban J connectivity index is 1.81. The zero-order chi connectivity index (χ0) is 14.6. The van der Waals surface area contributed by atoms with Crippen LogP contribution in [0.3, 0.4) is 0 Å². The first kappa shape index (κ1) is 17.2. The summed E-state index contributed by atoms with van der Waals surface area (Å²) >= 11 is 0. The van der Waals surface area contributed by atoms with Crippen LogP contribution in [0.4, 0.5) is 0 Å². The summed E-state index contributed by atoms with van der Waals surface area (Å²) in [4.78, 5) is 22.3. The number of amides is 2. The molecular weight excluding hydrogens is 252 g/mol. The van der Waals surface area contributed by atoms with Crippen LogP contribution < -0.4 is 10.6 Å². The van der Waals surface area contributed by atoms with Gasteiger partial charge in [0.25, 0.3) is 0 Å². The van der Waals surface area contributed by atoms with E-state index in [0.29, 0.717) is 6.42 Å². The fourth-order valence-corrected chi connectivity index (χ4v) is 2.61.